The molecule has 0 aliphatic rings. The first-order valence-electron chi connectivity index (χ1n) is 7.50. The third-order valence-electron chi connectivity index (χ3n) is 3.34. The molecule has 1 rings (SSSR count). The monoisotopic (exact) mass is 302 g/mol. The van der Waals surface area contributed by atoms with Gasteiger partial charge in [0, 0.05) is 26.4 Å². The number of aliphatic hydroxyl groups is 1. The second kappa shape index (κ2) is 9.37. The lowest BCUT2D eigenvalue weighted by atomic mass is 10.1. The number of pyridine rings is 1. The minimum absolute atomic E-state index is 0.0480. The van der Waals surface area contributed by atoms with Crippen molar-refractivity contribution in [3.63, 3.8) is 0 Å². The molecule has 4 heteroatoms. The summed E-state index contributed by atoms with van der Waals surface area (Å²) < 4.78 is 5.24. The van der Waals surface area contributed by atoms with Crippen LogP contribution >= 0.6 is 0 Å². The minimum Gasteiger partial charge on any atom is -0.392 e. The van der Waals surface area contributed by atoms with Crippen molar-refractivity contribution in [3.05, 3.63) is 41.7 Å². The first kappa shape index (κ1) is 18.4. The fraction of sp³-hybridized carbons (Fsp3) is 0.500. The van der Waals surface area contributed by atoms with Crippen LogP contribution in [0.15, 0.2) is 30.5 Å². The van der Waals surface area contributed by atoms with Crippen molar-refractivity contribution in [1.82, 2.24) is 9.88 Å². The molecule has 1 aromatic rings. The van der Waals surface area contributed by atoms with Crippen LogP contribution in [-0.4, -0.2) is 40.8 Å². The van der Waals surface area contributed by atoms with E-state index in [0.29, 0.717) is 0 Å². The smallest absolute Gasteiger partial charge is 0.123 e. The fourth-order valence-electron chi connectivity index (χ4n) is 1.77. The second-order valence-corrected chi connectivity index (χ2v) is 5.53. The maximum Gasteiger partial charge on any atom is 0.123 e. The molecule has 0 aromatic carbocycles. The Bertz CT molecular complexity index is 542. The van der Waals surface area contributed by atoms with Crippen LogP contribution in [0.2, 0.25) is 0 Å². The zero-order valence-electron chi connectivity index (χ0n) is 14.0. The van der Waals surface area contributed by atoms with Crippen LogP contribution in [0, 0.1) is 11.8 Å². The number of rotatable bonds is 7. The predicted octanol–water partition coefficient (Wildman–Crippen LogP) is 2.38. The quantitative estimate of drug-likeness (QED) is 0.786. The van der Waals surface area contributed by atoms with Gasteiger partial charge in [0.2, 0.25) is 0 Å². The molecule has 22 heavy (non-hydrogen) atoms. The minimum atomic E-state index is -0.413. The molecule has 0 aliphatic carbocycles. The molecular weight excluding hydrogens is 276 g/mol. The molecule has 0 fully saturated rings. The van der Waals surface area contributed by atoms with E-state index in [1.165, 1.54) is 0 Å². The van der Waals surface area contributed by atoms with Crippen molar-refractivity contribution in [2.75, 3.05) is 20.2 Å². The Morgan fingerprint density at radius 2 is 2.23 bits per heavy atom. The standard InChI is InChI=1S/C18H26N2O2/c1-5-20(12-8-6-7-10-18(2,3)22-4)14-17-13-16(15-21)9-11-19-17/h6,8-9,11,13,21H,5,12,14-15H2,1-4H3/b8-6+. The molecular formula is C18H26N2O2. The van der Waals surface area contributed by atoms with E-state index >= 15 is 0 Å². The van der Waals surface area contributed by atoms with E-state index in [1.54, 1.807) is 13.3 Å². The van der Waals surface area contributed by atoms with Gasteiger partial charge >= 0.3 is 0 Å². The molecule has 0 saturated heterocycles. The van der Waals surface area contributed by atoms with Gasteiger partial charge in [-0.15, -0.1) is 0 Å². The topological polar surface area (TPSA) is 45.6 Å². The summed E-state index contributed by atoms with van der Waals surface area (Å²) in [6.07, 6.45) is 5.64. The summed E-state index contributed by atoms with van der Waals surface area (Å²) in [6.45, 7) is 8.52. The molecule has 1 aromatic heterocycles. The van der Waals surface area contributed by atoms with Gasteiger partial charge in [0.15, 0.2) is 0 Å². The van der Waals surface area contributed by atoms with Crippen molar-refractivity contribution >= 4 is 0 Å². The molecule has 1 N–H and O–H groups in total. The molecule has 120 valence electrons. The highest BCUT2D eigenvalue weighted by Crippen LogP contribution is 2.06. The molecule has 0 spiro atoms. The zero-order chi connectivity index (χ0) is 16.4. The van der Waals surface area contributed by atoms with Crippen molar-refractivity contribution < 1.29 is 9.84 Å². The Morgan fingerprint density at radius 3 is 2.86 bits per heavy atom. The highest BCUT2D eigenvalue weighted by molar-refractivity contribution is 5.21. The van der Waals surface area contributed by atoms with E-state index in [9.17, 15) is 0 Å². The van der Waals surface area contributed by atoms with Crippen LogP contribution in [0.25, 0.3) is 0 Å². The lowest BCUT2D eigenvalue weighted by Gasteiger charge is -2.18. The predicted molar refractivity (Wildman–Crippen MR) is 89.1 cm³/mol. The molecule has 0 bridgehead atoms. The van der Waals surface area contributed by atoms with E-state index in [2.05, 4.69) is 28.6 Å². The van der Waals surface area contributed by atoms with Gasteiger partial charge in [-0.2, -0.15) is 0 Å². The first-order valence-corrected chi connectivity index (χ1v) is 7.50. The van der Waals surface area contributed by atoms with E-state index in [1.807, 2.05) is 38.1 Å². The molecule has 4 nitrogen and oxygen atoms in total. The maximum atomic E-state index is 9.16. The van der Waals surface area contributed by atoms with Gasteiger partial charge in [0.25, 0.3) is 0 Å². The number of allylic oxidation sites excluding steroid dienone is 1. The largest absolute Gasteiger partial charge is 0.392 e. The second-order valence-electron chi connectivity index (χ2n) is 5.53. The van der Waals surface area contributed by atoms with Crippen molar-refractivity contribution in [2.24, 2.45) is 0 Å². The summed E-state index contributed by atoms with van der Waals surface area (Å²) >= 11 is 0. The molecule has 0 unspecified atom stereocenters. The van der Waals surface area contributed by atoms with Gasteiger partial charge in [-0.25, -0.2) is 0 Å². The number of likely N-dealkylation sites (N-methyl/N-ethyl adjacent to an activating group) is 1. The van der Waals surface area contributed by atoms with Crippen molar-refractivity contribution in [3.8, 4) is 11.8 Å². The van der Waals surface area contributed by atoms with E-state index in [0.717, 1.165) is 30.9 Å². The number of aliphatic hydroxyl groups excluding tert-OH is 1. The summed E-state index contributed by atoms with van der Waals surface area (Å²) in [6, 6.07) is 3.76. The van der Waals surface area contributed by atoms with Gasteiger partial charge in [-0.1, -0.05) is 24.8 Å². The van der Waals surface area contributed by atoms with Crippen LogP contribution in [0.5, 0.6) is 0 Å². The lowest BCUT2D eigenvalue weighted by molar-refractivity contribution is 0.0742. The van der Waals surface area contributed by atoms with Crippen molar-refractivity contribution in [1.29, 1.82) is 0 Å². The van der Waals surface area contributed by atoms with E-state index in [-0.39, 0.29) is 6.61 Å². The number of hydrogen-bond donors (Lipinski definition) is 1. The number of aromatic nitrogens is 1. The Morgan fingerprint density at radius 1 is 1.45 bits per heavy atom. The van der Waals surface area contributed by atoms with Crippen LogP contribution in [0.4, 0.5) is 0 Å². The SMILES string of the molecule is CCN(C/C=C/C#CC(C)(C)OC)Cc1cc(CO)ccn1. The number of nitrogens with zero attached hydrogens (tertiary/aromatic N) is 2. The van der Waals surface area contributed by atoms with E-state index in [4.69, 9.17) is 9.84 Å². The number of ether oxygens (including phenoxy) is 1. The molecule has 0 saturated carbocycles. The van der Waals surface area contributed by atoms with E-state index < -0.39 is 5.60 Å². The van der Waals surface area contributed by atoms with Crippen LogP contribution < -0.4 is 0 Å². The van der Waals surface area contributed by atoms with Gasteiger partial charge in [-0.05, 0) is 44.2 Å². The normalized spacial score (nSPS) is 11.7. The summed E-state index contributed by atoms with van der Waals surface area (Å²) in [7, 11) is 1.66. The number of hydrogen-bond acceptors (Lipinski definition) is 4. The fourth-order valence-corrected chi connectivity index (χ4v) is 1.77. The van der Waals surface area contributed by atoms with Crippen LogP contribution in [-0.2, 0) is 17.9 Å². The molecule has 0 atom stereocenters. The van der Waals surface area contributed by atoms with Crippen molar-refractivity contribution in [2.45, 2.75) is 39.5 Å². The highest BCUT2D eigenvalue weighted by Gasteiger charge is 2.10. The van der Waals surface area contributed by atoms with Crippen LogP contribution in [0.1, 0.15) is 32.0 Å². The lowest BCUT2D eigenvalue weighted by Crippen LogP contribution is -2.23. The average molecular weight is 302 g/mol. The zero-order valence-corrected chi connectivity index (χ0v) is 14.0. The molecule has 0 radical (unpaired) electrons. The summed E-state index contributed by atoms with van der Waals surface area (Å²) in [5.74, 6) is 6.05. The Labute approximate surface area is 133 Å². The van der Waals surface area contributed by atoms with Crippen LogP contribution in [0.3, 0.4) is 0 Å². The molecule has 1 heterocycles. The molecule has 0 aliphatic heterocycles. The highest BCUT2D eigenvalue weighted by atomic mass is 16.5. The Balaban J connectivity index is 2.55. The third-order valence-corrected chi connectivity index (χ3v) is 3.34. The third kappa shape index (κ3) is 6.86. The summed E-state index contributed by atoms with van der Waals surface area (Å²) in [5, 5.41) is 9.16. The van der Waals surface area contributed by atoms with Gasteiger partial charge in [0.1, 0.15) is 5.60 Å². The maximum absolute atomic E-state index is 9.16. The average Bonchev–Trinajstić information content (AvgIpc) is 2.53. The summed E-state index contributed by atoms with van der Waals surface area (Å²) in [5.41, 5.74) is 1.45. The Hall–Kier alpha value is -1.67. The van der Waals surface area contributed by atoms with Gasteiger partial charge in [-0.3, -0.25) is 9.88 Å². The number of methoxy groups -OCH3 is 1. The van der Waals surface area contributed by atoms with Gasteiger partial charge in [0.05, 0.1) is 12.3 Å². The molecule has 0 amide bonds. The van der Waals surface area contributed by atoms with Gasteiger partial charge < -0.3 is 9.84 Å². The first-order chi connectivity index (χ1) is 10.5. The Kier molecular flexibility index (Phi) is 7.83. The summed E-state index contributed by atoms with van der Waals surface area (Å²) in [4.78, 5) is 6.59.